The molecule has 3 aliphatic heterocycles. The van der Waals surface area contributed by atoms with Gasteiger partial charge in [-0.3, -0.25) is 24.4 Å². The number of piperazine rings is 1. The van der Waals surface area contributed by atoms with Crippen molar-refractivity contribution < 1.29 is 14.4 Å². The second-order valence-corrected chi connectivity index (χ2v) is 9.05. The molecule has 2 aromatic rings. The Labute approximate surface area is 187 Å². The number of nitrogens with one attached hydrogen (secondary N) is 2. The van der Waals surface area contributed by atoms with Crippen molar-refractivity contribution in [3.8, 4) is 0 Å². The molecule has 1 atom stereocenters. The molecule has 9 nitrogen and oxygen atoms in total. The fourth-order valence-electron chi connectivity index (χ4n) is 5.19. The van der Waals surface area contributed by atoms with Crippen LogP contribution in [-0.2, 0) is 21.4 Å². The lowest BCUT2D eigenvalue weighted by molar-refractivity contribution is -0.137. The zero-order valence-electron chi connectivity index (χ0n) is 18.5. The van der Waals surface area contributed by atoms with Gasteiger partial charge < -0.3 is 15.1 Å². The normalized spacial score (nSPS) is 23.0. The Morgan fingerprint density at radius 3 is 2.53 bits per heavy atom. The minimum atomic E-state index is -0.396. The minimum absolute atomic E-state index is 0.166. The monoisotopic (exact) mass is 438 g/mol. The summed E-state index contributed by atoms with van der Waals surface area (Å²) in [6.45, 7) is 4.96. The number of fused-ring (bicyclic) bond motifs is 1. The number of carbonyl (C=O) groups is 3. The number of anilines is 1. The average molecular weight is 439 g/mol. The first-order valence-electron chi connectivity index (χ1n) is 11.6. The number of aryl methyl sites for hydroxylation is 1. The maximum atomic E-state index is 12.8. The van der Waals surface area contributed by atoms with Crippen molar-refractivity contribution >= 4 is 34.3 Å². The summed E-state index contributed by atoms with van der Waals surface area (Å²) in [7, 11) is 1.89. The van der Waals surface area contributed by atoms with Gasteiger partial charge in [0.15, 0.2) is 0 Å². The number of aromatic nitrogens is 2. The molecule has 1 aromatic carbocycles. The van der Waals surface area contributed by atoms with Crippen LogP contribution in [0.1, 0.15) is 37.3 Å². The van der Waals surface area contributed by atoms with Crippen LogP contribution in [0.25, 0.3) is 10.9 Å². The van der Waals surface area contributed by atoms with Gasteiger partial charge >= 0.3 is 0 Å². The highest BCUT2D eigenvalue weighted by Crippen LogP contribution is 2.32. The van der Waals surface area contributed by atoms with E-state index < -0.39 is 5.92 Å². The number of nitrogens with zero attached hydrogens (tertiary/aromatic N) is 4. The van der Waals surface area contributed by atoms with Crippen molar-refractivity contribution in [2.75, 3.05) is 44.2 Å². The molecule has 0 spiro atoms. The highest BCUT2D eigenvalue weighted by molar-refractivity contribution is 6.02. The molecule has 5 rings (SSSR count). The van der Waals surface area contributed by atoms with Crippen LogP contribution >= 0.6 is 0 Å². The summed E-state index contributed by atoms with van der Waals surface area (Å²) in [5.41, 5.74) is 2.80. The molecule has 1 aromatic heterocycles. The minimum Gasteiger partial charge on any atom is -0.368 e. The first kappa shape index (κ1) is 20.9. The van der Waals surface area contributed by atoms with Gasteiger partial charge in [0.25, 0.3) is 0 Å². The zero-order valence-corrected chi connectivity index (χ0v) is 18.5. The van der Waals surface area contributed by atoms with Gasteiger partial charge in [-0.15, -0.1) is 0 Å². The Morgan fingerprint density at radius 2 is 1.81 bits per heavy atom. The predicted octanol–water partition coefficient (Wildman–Crippen LogP) is 0.742. The fraction of sp³-hybridized carbons (Fsp3) is 0.565. The lowest BCUT2D eigenvalue weighted by atomic mass is 9.93. The molecule has 3 fully saturated rings. The summed E-state index contributed by atoms with van der Waals surface area (Å²) in [4.78, 5) is 41.0. The van der Waals surface area contributed by atoms with E-state index in [4.69, 9.17) is 0 Å². The summed E-state index contributed by atoms with van der Waals surface area (Å²) in [5, 5.41) is 11.3. The predicted molar refractivity (Wildman–Crippen MR) is 120 cm³/mol. The van der Waals surface area contributed by atoms with E-state index in [-0.39, 0.29) is 17.7 Å². The smallest absolute Gasteiger partial charge is 0.235 e. The second kappa shape index (κ2) is 8.54. The van der Waals surface area contributed by atoms with Crippen molar-refractivity contribution in [1.29, 1.82) is 0 Å². The molecule has 1 unspecified atom stereocenters. The summed E-state index contributed by atoms with van der Waals surface area (Å²) in [5.74, 6) is -0.403. The Morgan fingerprint density at radius 1 is 1.06 bits per heavy atom. The summed E-state index contributed by atoms with van der Waals surface area (Å²) in [6, 6.07) is 6.22. The van der Waals surface area contributed by atoms with E-state index >= 15 is 0 Å². The van der Waals surface area contributed by atoms with E-state index in [9.17, 15) is 14.4 Å². The first-order chi connectivity index (χ1) is 15.5. The van der Waals surface area contributed by atoms with E-state index in [2.05, 4.69) is 32.8 Å². The maximum absolute atomic E-state index is 12.8. The lowest BCUT2D eigenvalue weighted by Gasteiger charge is -2.38. The quantitative estimate of drug-likeness (QED) is 0.686. The van der Waals surface area contributed by atoms with Gasteiger partial charge in [-0.05, 0) is 50.6 Å². The average Bonchev–Trinajstić information content (AvgIpc) is 3.15. The van der Waals surface area contributed by atoms with Crippen molar-refractivity contribution in [1.82, 2.24) is 25.3 Å². The third kappa shape index (κ3) is 3.85. The molecule has 9 heteroatoms. The summed E-state index contributed by atoms with van der Waals surface area (Å²) in [6.07, 6.45) is 2.70. The van der Waals surface area contributed by atoms with Crippen molar-refractivity contribution in [2.45, 2.75) is 31.6 Å². The molecule has 4 heterocycles. The van der Waals surface area contributed by atoms with Gasteiger partial charge in [-0.1, -0.05) is 0 Å². The second-order valence-electron chi connectivity index (χ2n) is 9.05. The number of rotatable bonds is 3. The van der Waals surface area contributed by atoms with Crippen LogP contribution in [0.3, 0.4) is 0 Å². The number of benzene rings is 1. The SMILES string of the molecule is Cn1nc(C2CCC(=O)NC2=O)c2ccc(N3CCN(C(=O)C4CCNCC4)CC3)cc21. The number of hydrogen-bond donors (Lipinski definition) is 2. The Balaban J connectivity index is 1.30. The Kier molecular flexibility index (Phi) is 5.58. The molecule has 3 saturated heterocycles. The van der Waals surface area contributed by atoms with Crippen LogP contribution < -0.4 is 15.5 Å². The molecular formula is C23H30N6O3. The molecule has 0 bridgehead atoms. The van der Waals surface area contributed by atoms with Gasteiger partial charge in [-0.2, -0.15) is 5.10 Å². The molecular weight excluding hydrogens is 408 g/mol. The van der Waals surface area contributed by atoms with E-state index in [0.29, 0.717) is 18.7 Å². The summed E-state index contributed by atoms with van der Waals surface area (Å²) < 4.78 is 1.81. The van der Waals surface area contributed by atoms with E-state index in [1.54, 1.807) is 0 Å². The molecule has 0 radical (unpaired) electrons. The van der Waals surface area contributed by atoms with Crippen molar-refractivity contribution in [3.05, 3.63) is 23.9 Å². The molecule has 32 heavy (non-hydrogen) atoms. The van der Waals surface area contributed by atoms with Gasteiger partial charge in [0.2, 0.25) is 17.7 Å². The van der Waals surface area contributed by atoms with Crippen LogP contribution in [0.5, 0.6) is 0 Å². The van der Waals surface area contributed by atoms with Gasteiger partial charge in [0.05, 0.1) is 17.1 Å². The van der Waals surface area contributed by atoms with Gasteiger partial charge in [0.1, 0.15) is 0 Å². The standard InChI is InChI=1S/C23H30N6O3/c1-27-19-14-16(2-3-17(19)21(26-27)18-4-5-20(30)25-22(18)31)28-10-12-29(13-11-28)23(32)15-6-8-24-9-7-15/h2-3,14-15,18,24H,4-13H2,1H3,(H,25,30,31). The third-order valence-electron chi connectivity index (χ3n) is 7.08. The topological polar surface area (TPSA) is 99.6 Å². The number of hydrogen-bond acceptors (Lipinski definition) is 6. The third-order valence-corrected chi connectivity index (χ3v) is 7.08. The van der Waals surface area contributed by atoms with Crippen LogP contribution in [0, 0.1) is 5.92 Å². The molecule has 0 saturated carbocycles. The number of amides is 3. The van der Waals surface area contributed by atoms with E-state index in [1.165, 1.54) is 0 Å². The van der Waals surface area contributed by atoms with E-state index in [1.807, 2.05) is 22.7 Å². The van der Waals surface area contributed by atoms with Crippen LogP contribution in [0.4, 0.5) is 5.69 Å². The molecule has 170 valence electrons. The van der Waals surface area contributed by atoms with Crippen molar-refractivity contribution in [2.24, 2.45) is 13.0 Å². The first-order valence-corrected chi connectivity index (χ1v) is 11.6. The van der Waals surface area contributed by atoms with Gasteiger partial charge in [0, 0.05) is 56.6 Å². The summed E-state index contributed by atoms with van der Waals surface area (Å²) >= 11 is 0. The largest absolute Gasteiger partial charge is 0.368 e. The maximum Gasteiger partial charge on any atom is 0.235 e. The highest BCUT2D eigenvalue weighted by atomic mass is 16.2. The molecule has 3 amide bonds. The zero-order chi connectivity index (χ0) is 22.2. The molecule has 2 N–H and O–H groups in total. The molecule has 3 aliphatic rings. The Hall–Kier alpha value is -2.94. The van der Waals surface area contributed by atoms with Crippen LogP contribution in [-0.4, -0.2) is 71.7 Å². The van der Waals surface area contributed by atoms with Crippen LogP contribution in [0.2, 0.25) is 0 Å². The van der Waals surface area contributed by atoms with Crippen molar-refractivity contribution in [3.63, 3.8) is 0 Å². The lowest BCUT2D eigenvalue weighted by Crippen LogP contribution is -2.51. The van der Waals surface area contributed by atoms with E-state index in [0.717, 1.165) is 74.4 Å². The fourth-order valence-corrected chi connectivity index (χ4v) is 5.19. The Bertz CT molecular complexity index is 1050. The number of carbonyl (C=O) groups excluding carboxylic acids is 3. The number of piperidine rings is 2. The molecule has 0 aliphatic carbocycles. The van der Waals surface area contributed by atoms with Gasteiger partial charge in [-0.25, -0.2) is 0 Å². The van der Waals surface area contributed by atoms with Crippen LogP contribution in [0.15, 0.2) is 18.2 Å². The highest BCUT2D eigenvalue weighted by Gasteiger charge is 2.32. The number of imide groups is 1.